The van der Waals surface area contributed by atoms with Crippen LogP contribution in [-0.4, -0.2) is 91.4 Å². The summed E-state index contributed by atoms with van der Waals surface area (Å²) in [5.41, 5.74) is 9.68. The van der Waals surface area contributed by atoms with E-state index in [-0.39, 0.29) is 6.17 Å². The lowest BCUT2D eigenvalue weighted by molar-refractivity contribution is 0.122. The molecule has 1 unspecified atom stereocenters. The molecule has 3 aliphatic rings. The van der Waals surface area contributed by atoms with E-state index in [1.807, 2.05) is 23.8 Å². The van der Waals surface area contributed by atoms with E-state index in [9.17, 15) is 0 Å². The van der Waals surface area contributed by atoms with Gasteiger partial charge in [-0.2, -0.15) is 5.10 Å². The predicted octanol–water partition coefficient (Wildman–Crippen LogP) is 0.153. The molecule has 2 aromatic heterocycles. The Morgan fingerprint density at radius 2 is 2.09 bits per heavy atom. The third-order valence-corrected chi connectivity index (χ3v) is 6.71. The van der Waals surface area contributed by atoms with Gasteiger partial charge in [0, 0.05) is 57.8 Å². The molecule has 5 heterocycles. The third-order valence-electron chi connectivity index (χ3n) is 6.71. The Bertz CT molecular complexity index is 1010. The second kappa shape index (κ2) is 9.76. The first kappa shape index (κ1) is 22.3. The zero-order chi connectivity index (χ0) is 22.8. The number of aromatic nitrogens is 3. The van der Waals surface area contributed by atoms with Crippen molar-refractivity contribution < 1.29 is 4.74 Å². The van der Waals surface area contributed by atoms with Crippen LogP contribution in [0, 0.1) is 11.8 Å². The molecule has 0 amide bonds. The number of nitrogens with zero attached hydrogens (tertiary/aromatic N) is 6. The van der Waals surface area contributed by atoms with Gasteiger partial charge in [-0.05, 0) is 37.9 Å². The predicted molar refractivity (Wildman–Crippen MR) is 130 cm³/mol. The summed E-state index contributed by atoms with van der Waals surface area (Å²) in [4.78, 5) is 14.1. The minimum atomic E-state index is -0.167. The highest BCUT2D eigenvalue weighted by molar-refractivity contribution is 6.09. The first-order valence-electron chi connectivity index (χ1n) is 11.9. The number of nitrogens with two attached hydrogens (primary N) is 1. The Kier molecular flexibility index (Phi) is 6.59. The normalized spacial score (nSPS) is 25.3. The monoisotopic (exact) mass is 453 g/mol. The van der Waals surface area contributed by atoms with E-state index in [1.165, 1.54) is 0 Å². The number of fused-ring (bicyclic) bond motifs is 2. The first-order valence-corrected chi connectivity index (χ1v) is 11.9. The van der Waals surface area contributed by atoms with Gasteiger partial charge < -0.3 is 26.0 Å². The van der Waals surface area contributed by atoms with Crippen LogP contribution < -0.4 is 21.3 Å². The van der Waals surface area contributed by atoms with Crippen LogP contribution in [0.4, 0.5) is 5.82 Å². The van der Waals surface area contributed by atoms with E-state index in [1.54, 1.807) is 13.3 Å². The van der Waals surface area contributed by atoms with Crippen LogP contribution in [0.3, 0.4) is 0 Å². The minimum Gasteiger partial charge on any atom is -0.378 e. The summed E-state index contributed by atoms with van der Waals surface area (Å²) in [6.45, 7) is 10.4. The van der Waals surface area contributed by atoms with Crippen molar-refractivity contribution in [3.8, 4) is 0 Å². The van der Waals surface area contributed by atoms with Crippen molar-refractivity contribution in [3.05, 3.63) is 29.9 Å². The highest BCUT2D eigenvalue weighted by Gasteiger charge is 2.36. The van der Waals surface area contributed by atoms with Crippen LogP contribution in [0.5, 0.6) is 0 Å². The van der Waals surface area contributed by atoms with Gasteiger partial charge in [0.15, 0.2) is 5.82 Å². The Morgan fingerprint density at radius 3 is 2.79 bits per heavy atom. The molecule has 3 atom stereocenters. The molecule has 0 aromatic carbocycles. The maximum absolute atomic E-state index is 5.90. The van der Waals surface area contributed by atoms with Gasteiger partial charge in [-0.3, -0.25) is 9.89 Å². The summed E-state index contributed by atoms with van der Waals surface area (Å²) in [5, 5.41) is 11.6. The maximum Gasteiger partial charge on any atom is 0.155 e. The second-order valence-electron chi connectivity index (χ2n) is 9.33. The highest BCUT2D eigenvalue weighted by Crippen LogP contribution is 2.29. The molecule has 3 fully saturated rings. The lowest BCUT2D eigenvalue weighted by atomic mass is 10.0. The smallest absolute Gasteiger partial charge is 0.155 e. The van der Waals surface area contributed by atoms with Crippen molar-refractivity contribution >= 4 is 23.1 Å². The summed E-state index contributed by atoms with van der Waals surface area (Å²) < 4.78 is 7.56. The molecular formula is C23H35N9O. The van der Waals surface area contributed by atoms with Gasteiger partial charge in [0.2, 0.25) is 0 Å². The van der Waals surface area contributed by atoms with Crippen LogP contribution in [-0.2, 0) is 11.3 Å². The van der Waals surface area contributed by atoms with Crippen LogP contribution in [0.2, 0.25) is 0 Å². The lowest BCUT2D eigenvalue weighted by Gasteiger charge is -2.28. The number of aliphatic imine (C=N–C) groups is 1. The van der Waals surface area contributed by atoms with Gasteiger partial charge in [0.25, 0.3) is 0 Å². The van der Waals surface area contributed by atoms with Crippen molar-refractivity contribution in [3.63, 3.8) is 0 Å². The van der Waals surface area contributed by atoms with E-state index in [0.717, 1.165) is 85.9 Å². The standard InChI is InChI=1S/C23H35N9O/c1-16(24)27-11-17(8-25-2)21-15-32-22(23(28-21)31-3-5-33-6-4-31)7-20(29-32)14-30-12-18-9-26-10-19(18)13-30/h7-8,11,15-16,18-19,26-27H,3-6,9-10,12-14,24H2,1-2H3/t16?,18-,19+. The number of hydrogen-bond donors (Lipinski definition) is 3. The molecule has 178 valence electrons. The molecule has 0 saturated carbocycles. The molecule has 0 bridgehead atoms. The van der Waals surface area contributed by atoms with Crippen molar-refractivity contribution in [1.82, 2.24) is 30.1 Å². The molecule has 5 rings (SSSR count). The molecule has 3 aliphatic heterocycles. The van der Waals surface area contributed by atoms with Crippen molar-refractivity contribution in [2.75, 3.05) is 64.4 Å². The molecule has 0 aliphatic carbocycles. The topological polar surface area (TPSA) is 108 Å². The number of allylic oxidation sites excluding steroid dienone is 1. The quantitative estimate of drug-likeness (QED) is 0.402. The van der Waals surface area contributed by atoms with E-state index >= 15 is 0 Å². The van der Waals surface area contributed by atoms with Crippen molar-refractivity contribution in [1.29, 1.82) is 0 Å². The molecule has 10 nitrogen and oxygen atoms in total. The highest BCUT2D eigenvalue weighted by atomic mass is 16.5. The summed E-state index contributed by atoms with van der Waals surface area (Å²) in [7, 11) is 1.76. The number of rotatable bonds is 7. The fraction of sp³-hybridized carbons (Fsp3) is 0.609. The zero-order valence-electron chi connectivity index (χ0n) is 19.6. The maximum atomic E-state index is 5.90. The number of morpholine rings is 1. The number of likely N-dealkylation sites (tertiary alicyclic amines) is 1. The molecule has 0 spiro atoms. The molecular weight excluding hydrogens is 418 g/mol. The molecule has 4 N–H and O–H groups in total. The summed E-state index contributed by atoms with van der Waals surface area (Å²) in [6.07, 6.45) is 5.49. The summed E-state index contributed by atoms with van der Waals surface area (Å²) in [6, 6.07) is 2.20. The van der Waals surface area contributed by atoms with Crippen LogP contribution in [0.25, 0.3) is 11.1 Å². The van der Waals surface area contributed by atoms with Gasteiger partial charge >= 0.3 is 0 Å². The SMILES string of the molecule is CN=CC(=CNC(C)N)c1cn2nc(CN3C[C@H]4CNC[C@H]4C3)cc2c(N2CCOCC2)n1. The fourth-order valence-corrected chi connectivity index (χ4v) is 5.10. The number of nitrogens with one attached hydrogen (secondary N) is 2. The molecule has 0 radical (unpaired) electrons. The van der Waals surface area contributed by atoms with Gasteiger partial charge in [0.1, 0.15) is 5.52 Å². The molecule has 10 heteroatoms. The van der Waals surface area contributed by atoms with Gasteiger partial charge in [0.05, 0.1) is 37.0 Å². The second-order valence-corrected chi connectivity index (χ2v) is 9.33. The Labute approximate surface area is 194 Å². The molecule has 33 heavy (non-hydrogen) atoms. The Balaban J connectivity index is 1.49. The average Bonchev–Trinajstić information content (AvgIpc) is 3.51. The first-order chi connectivity index (χ1) is 16.1. The van der Waals surface area contributed by atoms with Crippen LogP contribution in [0.15, 0.2) is 23.5 Å². The minimum absolute atomic E-state index is 0.167. The van der Waals surface area contributed by atoms with E-state index in [4.69, 9.17) is 20.6 Å². The number of anilines is 1. The molecule has 3 saturated heterocycles. The van der Waals surface area contributed by atoms with Crippen LogP contribution in [0.1, 0.15) is 18.3 Å². The lowest BCUT2D eigenvalue weighted by Crippen LogP contribution is -2.37. The summed E-state index contributed by atoms with van der Waals surface area (Å²) in [5.74, 6) is 2.49. The third kappa shape index (κ3) is 4.89. The Morgan fingerprint density at radius 1 is 1.33 bits per heavy atom. The number of ether oxygens (including phenoxy) is 1. The summed E-state index contributed by atoms with van der Waals surface area (Å²) >= 11 is 0. The Hall–Kier alpha value is -2.53. The largest absolute Gasteiger partial charge is 0.378 e. The van der Waals surface area contributed by atoms with E-state index < -0.39 is 0 Å². The van der Waals surface area contributed by atoms with E-state index in [0.29, 0.717) is 13.2 Å². The van der Waals surface area contributed by atoms with Crippen molar-refractivity contribution in [2.24, 2.45) is 22.6 Å². The molecule has 2 aromatic rings. The number of hydrogen-bond acceptors (Lipinski definition) is 9. The average molecular weight is 454 g/mol. The van der Waals surface area contributed by atoms with Gasteiger partial charge in [-0.15, -0.1) is 0 Å². The van der Waals surface area contributed by atoms with Crippen molar-refractivity contribution in [2.45, 2.75) is 19.6 Å². The van der Waals surface area contributed by atoms with Gasteiger partial charge in [-0.25, -0.2) is 9.50 Å². The van der Waals surface area contributed by atoms with Crippen LogP contribution >= 0.6 is 0 Å². The zero-order valence-corrected chi connectivity index (χ0v) is 19.6. The van der Waals surface area contributed by atoms with E-state index in [2.05, 4.69) is 31.5 Å². The fourth-order valence-electron chi connectivity index (χ4n) is 5.10. The van der Waals surface area contributed by atoms with Gasteiger partial charge in [-0.1, -0.05) is 0 Å².